The average Bonchev–Trinajstić information content (AvgIpc) is 2.39. The molecule has 5 heteroatoms. The number of nitriles is 2. The fraction of sp³-hybridized carbons (Fsp3) is 0.308. The Morgan fingerprint density at radius 3 is 2.22 bits per heavy atom. The molecule has 1 rings (SSSR count). The van der Waals surface area contributed by atoms with E-state index in [4.69, 9.17) is 10.5 Å². The van der Waals surface area contributed by atoms with Crippen LogP contribution in [0.15, 0.2) is 24.3 Å². The summed E-state index contributed by atoms with van der Waals surface area (Å²) in [5, 5.41) is 17.3. The Bertz CT molecular complexity index is 466. The van der Waals surface area contributed by atoms with Crippen molar-refractivity contribution in [3.05, 3.63) is 35.4 Å². The molecule has 0 unspecified atom stereocenters. The molecule has 92 valence electrons. The first kappa shape index (κ1) is 13.7. The molecule has 0 aliphatic rings. The van der Waals surface area contributed by atoms with E-state index in [-0.39, 0.29) is 19.1 Å². The Kier molecular flexibility index (Phi) is 5.37. The standard InChI is InChI=1S/C13H13N3O2/c1-18-13(17)12-4-2-11(3-5-12)10-16(8-6-14)9-7-15/h2-5H,8-10H2,1H3. The van der Waals surface area contributed by atoms with E-state index in [1.165, 1.54) is 7.11 Å². The van der Waals surface area contributed by atoms with Crippen molar-refractivity contribution >= 4 is 5.97 Å². The molecule has 0 aromatic heterocycles. The van der Waals surface area contributed by atoms with Crippen molar-refractivity contribution in [2.24, 2.45) is 0 Å². The lowest BCUT2D eigenvalue weighted by Crippen LogP contribution is -2.23. The summed E-state index contributed by atoms with van der Waals surface area (Å²) in [5.74, 6) is -0.382. The van der Waals surface area contributed by atoms with Gasteiger partial charge < -0.3 is 4.74 Å². The average molecular weight is 243 g/mol. The van der Waals surface area contributed by atoms with Crippen LogP contribution in [0.5, 0.6) is 0 Å². The zero-order valence-electron chi connectivity index (χ0n) is 10.1. The number of benzene rings is 1. The van der Waals surface area contributed by atoms with Gasteiger partial charge in [0.05, 0.1) is 37.9 Å². The summed E-state index contributed by atoms with van der Waals surface area (Å²) >= 11 is 0. The molecule has 0 aliphatic carbocycles. The van der Waals surface area contributed by atoms with E-state index in [0.717, 1.165) is 5.56 Å². The van der Waals surface area contributed by atoms with Crippen LogP contribution in [-0.4, -0.2) is 31.1 Å². The second kappa shape index (κ2) is 7.05. The van der Waals surface area contributed by atoms with Crippen molar-refractivity contribution in [2.45, 2.75) is 6.54 Å². The van der Waals surface area contributed by atoms with Gasteiger partial charge in [0, 0.05) is 6.54 Å². The molecule has 1 aromatic carbocycles. The number of hydrogen-bond donors (Lipinski definition) is 0. The van der Waals surface area contributed by atoms with Gasteiger partial charge in [-0.2, -0.15) is 10.5 Å². The largest absolute Gasteiger partial charge is 0.465 e. The predicted molar refractivity (Wildman–Crippen MR) is 64.3 cm³/mol. The molecule has 0 heterocycles. The van der Waals surface area contributed by atoms with Gasteiger partial charge in [-0.15, -0.1) is 0 Å². The van der Waals surface area contributed by atoms with Gasteiger partial charge >= 0.3 is 5.97 Å². The van der Waals surface area contributed by atoms with E-state index in [0.29, 0.717) is 12.1 Å². The number of carbonyl (C=O) groups excluding carboxylic acids is 1. The summed E-state index contributed by atoms with van der Waals surface area (Å²) in [6.45, 7) is 0.904. The third-order valence-electron chi connectivity index (χ3n) is 2.37. The number of rotatable bonds is 5. The highest BCUT2D eigenvalue weighted by molar-refractivity contribution is 5.89. The minimum Gasteiger partial charge on any atom is -0.465 e. The molecule has 0 radical (unpaired) electrons. The molecule has 0 amide bonds. The van der Waals surface area contributed by atoms with E-state index in [2.05, 4.69) is 4.74 Å². The van der Waals surface area contributed by atoms with Crippen LogP contribution in [0.1, 0.15) is 15.9 Å². The van der Waals surface area contributed by atoms with Gasteiger partial charge in [0.25, 0.3) is 0 Å². The summed E-state index contributed by atoms with van der Waals surface area (Å²) in [6.07, 6.45) is 0. The number of nitrogens with zero attached hydrogens (tertiary/aromatic N) is 3. The number of esters is 1. The van der Waals surface area contributed by atoms with Crippen molar-refractivity contribution < 1.29 is 9.53 Å². The fourth-order valence-corrected chi connectivity index (χ4v) is 1.49. The Morgan fingerprint density at radius 1 is 1.22 bits per heavy atom. The summed E-state index contributed by atoms with van der Waals surface area (Å²) < 4.78 is 4.60. The number of ether oxygens (including phenoxy) is 1. The Hall–Kier alpha value is -2.37. The first-order chi connectivity index (χ1) is 8.71. The van der Waals surface area contributed by atoms with Crippen LogP contribution in [0.4, 0.5) is 0 Å². The zero-order chi connectivity index (χ0) is 13.4. The normalized spacial score (nSPS) is 9.56. The van der Waals surface area contributed by atoms with Crippen LogP contribution < -0.4 is 0 Å². The number of hydrogen-bond acceptors (Lipinski definition) is 5. The van der Waals surface area contributed by atoms with Crippen molar-refractivity contribution in [3.8, 4) is 12.1 Å². The Morgan fingerprint density at radius 2 is 1.78 bits per heavy atom. The van der Waals surface area contributed by atoms with Gasteiger partial charge in [0.1, 0.15) is 0 Å². The quantitative estimate of drug-likeness (QED) is 0.575. The lowest BCUT2D eigenvalue weighted by atomic mass is 10.1. The van der Waals surface area contributed by atoms with Gasteiger partial charge in [-0.1, -0.05) is 12.1 Å². The van der Waals surface area contributed by atoms with Gasteiger partial charge in [0.15, 0.2) is 0 Å². The molecule has 0 saturated carbocycles. The van der Waals surface area contributed by atoms with E-state index in [1.807, 2.05) is 12.1 Å². The van der Waals surface area contributed by atoms with E-state index >= 15 is 0 Å². The molecule has 0 fully saturated rings. The molecule has 1 aromatic rings. The van der Waals surface area contributed by atoms with E-state index in [9.17, 15) is 4.79 Å². The van der Waals surface area contributed by atoms with Gasteiger partial charge in [0.2, 0.25) is 0 Å². The third kappa shape index (κ3) is 3.89. The molecule has 0 spiro atoms. The number of methoxy groups -OCH3 is 1. The molecule has 0 N–H and O–H groups in total. The first-order valence-corrected chi connectivity index (χ1v) is 5.34. The maximum Gasteiger partial charge on any atom is 0.337 e. The summed E-state index contributed by atoms with van der Waals surface area (Å²) in [6, 6.07) is 10.9. The zero-order valence-corrected chi connectivity index (χ0v) is 10.1. The van der Waals surface area contributed by atoms with Crippen LogP contribution in [-0.2, 0) is 11.3 Å². The topological polar surface area (TPSA) is 77.1 Å². The Labute approximate surface area is 106 Å². The minimum absolute atomic E-state index is 0.201. The second-order valence-electron chi connectivity index (χ2n) is 3.65. The van der Waals surface area contributed by atoms with E-state index in [1.54, 1.807) is 29.2 Å². The lowest BCUT2D eigenvalue weighted by molar-refractivity contribution is 0.0600. The maximum atomic E-state index is 11.2. The summed E-state index contributed by atoms with van der Waals surface area (Å²) in [5.41, 5.74) is 1.42. The highest BCUT2D eigenvalue weighted by atomic mass is 16.5. The molecule has 0 saturated heterocycles. The molecule has 0 aliphatic heterocycles. The van der Waals surface area contributed by atoms with Crippen molar-refractivity contribution in [3.63, 3.8) is 0 Å². The monoisotopic (exact) mass is 243 g/mol. The van der Waals surface area contributed by atoms with Crippen LogP contribution in [0.25, 0.3) is 0 Å². The molecule has 5 nitrogen and oxygen atoms in total. The van der Waals surface area contributed by atoms with Gasteiger partial charge in [-0.3, -0.25) is 4.90 Å². The Balaban J connectivity index is 2.71. The van der Waals surface area contributed by atoms with Crippen molar-refractivity contribution in [1.82, 2.24) is 4.90 Å². The van der Waals surface area contributed by atoms with Crippen molar-refractivity contribution in [2.75, 3.05) is 20.2 Å². The van der Waals surface area contributed by atoms with Crippen LogP contribution >= 0.6 is 0 Å². The van der Waals surface area contributed by atoms with Crippen LogP contribution in [0.3, 0.4) is 0 Å². The predicted octanol–water partition coefficient (Wildman–Crippen LogP) is 1.32. The second-order valence-corrected chi connectivity index (χ2v) is 3.65. The van der Waals surface area contributed by atoms with E-state index < -0.39 is 0 Å². The van der Waals surface area contributed by atoms with Crippen molar-refractivity contribution in [1.29, 1.82) is 10.5 Å². The first-order valence-electron chi connectivity index (χ1n) is 5.34. The minimum atomic E-state index is -0.382. The van der Waals surface area contributed by atoms with Gasteiger partial charge in [-0.05, 0) is 17.7 Å². The molecular weight excluding hydrogens is 230 g/mol. The molecular formula is C13H13N3O2. The van der Waals surface area contributed by atoms with Gasteiger partial charge in [-0.25, -0.2) is 4.79 Å². The maximum absolute atomic E-state index is 11.2. The summed E-state index contributed by atoms with van der Waals surface area (Å²) in [7, 11) is 1.33. The molecule has 18 heavy (non-hydrogen) atoms. The van der Waals surface area contributed by atoms with Crippen LogP contribution in [0.2, 0.25) is 0 Å². The lowest BCUT2D eigenvalue weighted by Gasteiger charge is -2.15. The smallest absolute Gasteiger partial charge is 0.337 e. The molecule has 0 atom stereocenters. The fourth-order valence-electron chi connectivity index (χ4n) is 1.49. The highest BCUT2D eigenvalue weighted by Crippen LogP contribution is 2.08. The number of carbonyl (C=O) groups is 1. The SMILES string of the molecule is COC(=O)c1ccc(CN(CC#N)CC#N)cc1. The third-order valence-corrected chi connectivity index (χ3v) is 2.37. The molecule has 0 bridgehead atoms. The highest BCUT2D eigenvalue weighted by Gasteiger charge is 2.07. The summed E-state index contributed by atoms with van der Waals surface area (Å²) in [4.78, 5) is 12.9. The van der Waals surface area contributed by atoms with Crippen LogP contribution in [0, 0.1) is 22.7 Å².